The molecule has 1 aromatic heterocycles. The zero-order valence-electron chi connectivity index (χ0n) is 16.8. The van der Waals surface area contributed by atoms with Gasteiger partial charge in [0, 0.05) is 48.8 Å². The molecular weight excluding hydrogens is 405 g/mol. The van der Waals surface area contributed by atoms with E-state index >= 15 is 0 Å². The van der Waals surface area contributed by atoms with Crippen molar-refractivity contribution in [1.82, 2.24) is 14.2 Å². The summed E-state index contributed by atoms with van der Waals surface area (Å²) in [5, 5.41) is 0.923. The minimum absolute atomic E-state index is 0.0101. The average molecular weight is 430 g/mol. The van der Waals surface area contributed by atoms with Gasteiger partial charge in [-0.05, 0) is 30.2 Å². The number of benzene rings is 2. The third-order valence-electron chi connectivity index (χ3n) is 5.62. The number of sulfonamides is 1. The summed E-state index contributed by atoms with van der Waals surface area (Å²) >= 11 is 0. The summed E-state index contributed by atoms with van der Waals surface area (Å²) in [6.45, 7) is 3.73. The van der Waals surface area contributed by atoms with E-state index in [0.717, 1.165) is 23.4 Å². The van der Waals surface area contributed by atoms with E-state index < -0.39 is 15.8 Å². The molecule has 0 unspecified atom stereocenters. The number of Topliss-reactive ketones (excluding diaryl/α,β-unsaturated/α-hetero) is 1. The second-order valence-electron chi connectivity index (χ2n) is 7.46. The van der Waals surface area contributed by atoms with E-state index in [4.69, 9.17) is 0 Å². The number of aromatic amines is 1. The molecule has 0 amide bonds. The number of H-pyrrole nitrogens is 1. The first-order chi connectivity index (χ1) is 14.4. The molecule has 1 aliphatic rings. The van der Waals surface area contributed by atoms with Crippen molar-refractivity contribution in [3.05, 3.63) is 65.6 Å². The van der Waals surface area contributed by atoms with E-state index in [9.17, 15) is 17.6 Å². The molecule has 2 aromatic carbocycles. The maximum Gasteiger partial charge on any atom is 0.243 e. The van der Waals surface area contributed by atoms with Crippen LogP contribution >= 0.6 is 0 Å². The van der Waals surface area contributed by atoms with Gasteiger partial charge in [-0.1, -0.05) is 31.2 Å². The lowest BCUT2D eigenvalue weighted by Crippen LogP contribution is -2.49. The van der Waals surface area contributed by atoms with Crippen molar-refractivity contribution in [3.8, 4) is 0 Å². The van der Waals surface area contributed by atoms with Gasteiger partial charge in [-0.15, -0.1) is 0 Å². The number of nitrogens with zero attached hydrogens (tertiary/aromatic N) is 2. The Morgan fingerprint density at radius 2 is 1.83 bits per heavy atom. The Morgan fingerprint density at radius 1 is 1.10 bits per heavy atom. The number of nitrogens with one attached hydrogen (secondary N) is 1. The van der Waals surface area contributed by atoms with Gasteiger partial charge in [-0.3, -0.25) is 9.69 Å². The van der Waals surface area contributed by atoms with Crippen LogP contribution < -0.4 is 0 Å². The van der Waals surface area contributed by atoms with Gasteiger partial charge in [0.05, 0.1) is 11.4 Å². The molecule has 0 atom stereocenters. The lowest BCUT2D eigenvalue weighted by molar-refractivity contribution is 0.0903. The van der Waals surface area contributed by atoms with Crippen LogP contribution in [-0.2, 0) is 16.4 Å². The van der Waals surface area contributed by atoms with Crippen LogP contribution in [0.15, 0.2) is 53.6 Å². The minimum atomic E-state index is -3.74. The van der Waals surface area contributed by atoms with Crippen molar-refractivity contribution in [2.24, 2.45) is 0 Å². The quantitative estimate of drug-likeness (QED) is 0.612. The van der Waals surface area contributed by atoms with Gasteiger partial charge in [0.1, 0.15) is 5.82 Å². The van der Waals surface area contributed by atoms with E-state index in [2.05, 4.69) is 11.9 Å². The molecule has 30 heavy (non-hydrogen) atoms. The first-order valence-electron chi connectivity index (χ1n) is 10.0. The highest BCUT2D eigenvalue weighted by Gasteiger charge is 2.29. The monoisotopic (exact) mass is 429 g/mol. The van der Waals surface area contributed by atoms with Crippen LogP contribution in [-0.4, -0.2) is 61.1 Å². The van der Waals surface area contributed by atoms with Crippen LogP contribution in [0.3, 0.4) is 0 Å². The number of para-hydroxylation sites is 1. The number of aromatic nitrogens is 1. The maximum atomic E-state index is 13.4. The van der Waals surface area contributed by atoms with E-state index in [1.54, 1.807) is 6.20 Å². The maximum absolute atomic E-state index is 13.4. The SMILES string of the molecule is CCc1cccc2c(C(=O)CN3CCN(S(=O)(=O)c4cccc(F)c4)CC3)c[nH]c12. The Hall–Kier alpha value is -2.55. The second-order valence-corrected chi connectivity index (χ2v) is 9.39. The van der Waals surface area contributed by atoms with Crippen molar-refractivity contribution in [3.63, 3.8) is 0 Å². The minimum Gasteiger partial charge on any atom is -0.360 e. The summed E-state index contributed by atoms with van der Waals surface area (Å²) in [5.74, 6) is -0.568. The van der Waals surface area contributed by atoms with Gasteiger partial charge in [0.2, 0.25) is 10.0 Å². The van der Waals surface area contributed by atoms with Gasteiger partial charge in [-0.2, -0.15) is 4.31 Å². The summed E-state index contributed by atoms with van der Waals surface area (Å²) in [6, 6.07) is 11.0. The highest BCUT2D eigenvalue weighted by Crippen LogP contribution is 2.23. The molecule has 0 saturated carbocycles. The fraction of sp³-hybridized carbons (Fsp3) is 0.318. The molecule has 0 radical (unpaired) electrons. The van der Waals surface area contributed by atoms with Crippen LogP contribution in [0.4, 0.5) is 4.39 Å². The lowest BCUT2D eigenvalue weighted by Gasteiger charge is -2.33. The molecule has 1 aliphatic heterocycles. The summed E-state index contributed by atoms with van der Waals surface area (Å²) < 4.78 is 40.2. The molecule has 0 spiro atoms. The van der Waals surface area contributed by atoms with Crippen LogP contribution in [0.2, 0.25) is 0 Å². The van der Waals surface area contributed by atoms with Crippen molar-refractivity contribution in [2.75, 3.05) is 32.7 Å². The molecule has 8 heteroatoms. The molecule has 4 rings (SSSR count). The third kappa shape index (κ3) is 3.90. The fourth-order valence-corrected chi connectivity index (χ4v) is 5.39. The topological polar surface area (TPSA) is 73.5 Å². The number of rotatable bonds is 6. The molecule has 158 valence electrons. The normalized spacial score (nSPS) is 16.2. The van der Waals surface area contributed by atoms with Crippen LogP contribution in [0, 0.1) is 5.82 Å². The zero-order chi connectivity index (χ0) is 21.3. The number of carbonyl (C=O) groups is 1. The van der Waals surface area contributed by atoms with Crippen molar-refractivity contribution in [1.29, 1.82) is 0 Å². The zero-order valence-corrected chi connectivity index (χ0v) is 17.6. The number of ketones is 1. The largest absolute Gasteiger partial charge is 0.360 e. The summed E-state index contributed by atoms with van der Waals surface area (Å²) in [6.07, 6.45) is 2.64. The van der Waals surface area contributed by atoms with Crippen LogP contribution in [0.25, 0.3) is 10.9 Å². The Morgan fingerprint density at radius 3 is 2.53 bits per heavy atom. The lowest BCUT2D eigenvalue weighted by atomic mass is 10.0. The van der Waals surface area contributed by atoms with Gasteiger partial charge in [-0.25, -0.2) is 12.8 Å². The van der Waals surface area contributed by atoms with Crippen LogP contribution in [0.5, 0.6) is 0 Å². The predicted octanol–water partition coefficient (Wildman–Crippen LogP) is 3.06. The second kappa shape index (κ2) is 8.29. The number of fused-ring (bicyclic) bond motifs is 1. The van der Waals surface area contributed by atoms with Gasteiger partial charge in [0.15, 0.2) is 5.78 Å². The Kier molecular flexibility index (Phi) is 5.73. The first-order valence-corrected chi connectivity index (χ1v) is 11.4. The fourth-order valence-electron chi connectivity index (χ4n) is 3.94. The van der Waals surface area contributed by atoms with Gasteiger partial charge < -0.3 is 4.98 Å². The highest BCUT2D eigenvalue weighted by molar-refractivity contribution is 7.89. The predicted molar refractivity (Wildman–Crippen MR) is 114 cm³/mol. The molecule has 6 nitrogen and oxygen atoms in total. The number of hydrogen-bond donors (Lipinski definition) is 1. The first kappa shape index (κ1) is 20.7. The smallest absolute Gasteiger partial charge is 0.243 e. The third-order valence-corrected chi connectivity index (χ3v) is 7.51. The molecule has 3 aromatic rings. The Balaban J connectivity index is 1.42. The van der Waals surface area contributed by atoms with Crippen molar-refractivity contribution < 1.29 is 17.6 Å². The van der Waals surface area contributed by atoms with Crippen molar-refractivity contribution in [2.45, 2.75) is 18.2 Å². The van der Waals surface area contributed by atoms with Gasteiger partial charge >= 0.3 is 0 Å². The number of carbonyl (C=O) groups excluding carboxylic acids is 1. The summed E-state index contributed by atoms with van der Waals surface area (Å²) in [4.78, 5) is 18.0. The number of piperazine rings is 1. The van der Waals surface area contributed by atoms with Gasteiger partial charge in [0.25, 0.3) is 0 Å². The molecule has 2 heterocycles. The average Bonchev–Trinajstić information content (AvgIpc) is 3.18. The number of hydrogen-bond acceptors (Lipinski definition) is 4. The van der Waals surface area contributed by atoms with E-state index in [-0.39, 0.29) is 30.3 Å². The van der Waals surface area contributed by atoms with E-state index in [0.29, 0.717) is 18.7 Å². The highest BCUT2D eigenvalue weighted by atomic mass is 32.2. The molecule has 1 saturated heterocycles. The molecular formula is C22H24FN3O3S. The van der Waals surface area contributed by atoms with Crippen LogP contribution in [0.1, 0.15) is 22.8 Å². The summed E-state index contributed by atoms with van der Waals surface area (Å²) in [7, 11) is -3.74. The molecule has 0 aliphatic carbocycles. The molecule has 1 N–H and O–H groups in total. The molecule has 0 bridgehead atoms. The Bertz CT molecular complexity index is 1180. The molecule has 1 fully saturated rings. The summed E-state index contributed by atoms with van der Waals surface area (Å²) in [5.41, 5.74) is 2.83. The number of halogens is 1. The van der Waals surface area contributed by atoms with Crippen molar-refractivity contribution >= 4 is 26.7 Å². The van der Waals surface area contributed by atoms with E-state index in [1.165, 1.54) is 28.1 Å². The number of aryl methyl sites for hydroxylation is 1. The standard InChI is InChI=1S/C22H24FN3O3S/c1-2-16-5-3-8-19-20(14-24-22(16)19)21(27)15-25-9-11-26(12-10-25)30(28,29)18-7-4-6-17(23)13-18/h3-8,13-14,24H,2,9-12,15H2,1H3. The Labute approximate surface area is 175 Å². The van der Waals surface area contributed by atoms with E-state index in [1.807, 2.05) is 23.1 Å².